The van der Waals surface area contributed by atoms with E-state index in [9.17, 15) is 14.9 Å². The van der Waals surface area contributed by atoms with Crippen molar-refractivity contribution in [3.8, 4) is 0 Å². The number of piperidine rings is 1. The standard InChI is InChI=1S/C17H23N3O3/c1-19-10-9-15-13(11-19)3-2-4-16(15)18-17(21)12-5-7-14(8-6-12)20(22)23/h5-8,13,15-16H,2-4,9-11H2,1H3,(H,18,21)/t13-,15-,16?/m0/s1. The van der Waals surface area contributed by atoms with E-state index in [2.05, 4.69) is 17.3 Å². The van der Waals surface area contributed by atoms with Gasteiger partial charge in [-0.1, -0.05) is 6.42 Å². The summed E-state index contributed by atoms with van der Waals surface area (Å²) in [5, 5.41) is 13.9. The fraction of sp³-hybridized carbons (Fsp3) is 0.588. The lowest BCUT2D eigenvalue weighted by atomic mass is 9.72. The lowest BCUT2D eigenvalue weighted by Gasteiger charge is -2.44. The average Bonchev–Trinajstić information content (AvgIpc) is 2.54. The molecule has 2 fully saturated rings. The fourth-order valence-corrected chi connectivity index (χ4v) is 4.05. The molecule has 1 saturated carbocycles. The number of carbonyl (C=O) groups excluding carboxylic acids is 1. The summed E-state index contributed by atoms with van der Waals surface area (Å²) in [6.07, 6.45) is 4.56. The Morgan fingerprint density at radius 1 is 1.26 bits per heavy atom. The molecule has 1 aliphatic heterocycles. The number of hydrogen-bond donors (Lipinski definition) is 1. The third kappa shape index (κ3) is 3.52. The SMILES string of the molecule is CN1CC[C@@H]2C(NC(=O)c3ccc([N+](=O)[O-])cc3)CCC[C@H]2C1. The van der Waals surface area contributed by atoms with Crippen LogP contribution in [0.1, 0.15) is 36.0 Å². The fourth-order valence-electron chi connectivity index (χ4n) is 4.05. The molecule has 1 unspecified atom stereocenters. The first-order valence-corrected chi connectivity index (χ1v) is 8.28. The molecule has 0 spiro atoms. The lowest BCUT2D eigenvalue weighted by molar-refractivity contribution is -0.384. The lowest BCUT2D eigenvalue weighted by Crippen LogP contribution is -2.51. The average molecular weight is 317 g/mol. The quantitative estimate of drug-likeness (QED) is 0.686. The van der Waals surface area contributed by atoms with Crippen molar-refractivity contribution in [3.05, 3.63) is 39.9 Å². The zero-order valence-corrected chi connectivity index (χ0v) is 13.4. The van der Waals surface area contributed by atoms with Crippen LogP contribution in [0.4, 0.5) is 5.69 Å². The smallest absolute Gasteiger partial charge is 0.269 e. The van der Waals surface area contributed by atoms with Crippen LogP contribution in [-0.2, 0) is 0 Å². The minimum atomic E-state index is -0.452. The molecule has 0 radical (unpaired) electrons. The summed E-state index contributed by atoms with van der Waals surface area (Å²) in [5.41, 5.74) is 0.500. The Hall–Kier alpha value is -1.95. The van der Waals surface area contributed by atoms with Crippen LogP contribution < -0.4 is 5.32 Å². The molecule has 2 aliphatic rings. The van der Waals surface area contributed by atoms with Gasteiger partial charge in [0, 0.05) is 30.3 Å². The number of hydrogen-bond acceptors (Lipinski definition) is 4. The van der Waals surface area contributed by atoms with Gasteiger partial charge in [0.2, 0.25) is 0 Å². The Bertz CT molecular complexity index is 587. The molecule has 124 valence electrons. The number of nitrogens with zero attached hydrogens (tertiary/aromatic N) is 2. The van der Waals surface area contributed by atoms with E-state index in [0.717, 1.165) is 32.4 Å². The third-order valence-corrected chi connectivity index (χ3v) is 5.26. The van der Waals surface area contributed by atoms with Gasteiger partial charge in [-0.3, -0.25) is 14.9 Å². The highest BCUT2D eigenvalue weighted by molar-refractivity contribution is 5.94. The first-order valence-electron chi connectivity index (χ1n) is 8.28. The Morgan fingerprint density at radius 3 is 2.70 bits per heavy atom. The molecule has 6 heteroatoms. The predicted molar refractivity (Wildman–Crippen MR) is 87.3 cm³/mol. The van der Waals surface area contributed by atoms with Gasteiger partial charge in [-0.25, -0.2) is 0 Å². The zero-order valence-electron chi connectivity index (χ0n) is 13.4. The number of nitro groups is 1. The van der Waals surface area contributed by atoms with Gasteiger partial charge in [-0.2, -0.15) is 0 Å². The summed E-state index contributed by atoms with van der Waals surface area (Å²) in [6, 6.07) is 6.05. The second kappa shape index (κ2) is 6.66. The van der Waals surface area contributed by atoms with Crippen LogP contribution in [0, 0.1) is 22.0 Å². The van der Waals surface area contributed by atoms with Gasteiger partial charge in [-0.15, -0.1) is 0 Å². The third-order valence-electron chi connectivity index (χ3n) is 5.26. The van der Waals surface area contributed by atoms with Gasteiger partial charge in [0.1, 0.15) is 0 Å². The highest BCUT2D eigenvalue weighted by atomic mass is 16.6. The van der Waals surface area contributed by atoms with Crippen LogP contribution in [0.3, 0.4) is 0 Å². The summed E-state index contributed by atoms with van der Waals surface area (Å²) < 4.78 is 0. The van der Waals surface area contributed by atoms with Gasteiger partial charge in [-0.05, 0) is 56.8 Å². The number of nitro benzene ring substituents is 1. The number of benzene rings is 1. The van der Waals surface area contributed by atoms with E-state index >= 15 is 0 Å². The number of rotatable bonds is 3. The molecule has 1 aromatic rings. The molecule has 1 aliphatic carbocycles. The second-order valence-corrected chi connectivity index (χ2v) is 6.79. The van der Waals surface area contributed by atoms with Gasteiger partial charge in [0.05, 0.1) is 4.92 Å². The van der Waals surface area contributed by atoms with Crippen molar-refractivity contribution < 1.29 is 9.72 Å². The molecule has 1 aromatic carbocycles. The molecule has 23 heavy (non-hydrogen) atoms. The Kier molecular flexibility index (Phi) is 4.61. The van der Waals surface area contributed by atoms with Crippen LogP contribution in [0.25, 0.3) is 0 Å². The maximum atomic E-state index is 12.4. The van der Waals surface area contributed by atoms with Crippen molar-refractivity contribution in [1.82, 2.24) is 10.2 Å². The molecule has 1 N–H and O–H groups in total. The second-order valence-electron chi connectivity index (χ2n) is 6.79. The van der Waals surface area contributed by atoms with Gasteiger partial charge in [0.15, 0.2) is 0 Å². The first-order chi connectivity index (χ1) is 11.0. The van der Waals surface area contributed by atoms with Crippen LogP contribution in [0.5, 0.6) is 0 Å². The molecule has 3 atom stereocenters. The van der Waals surface area contributed by atoms with Crippen molar-refractivity contribution in [2.75, 3.05) is 20.1 Å². The molecule has 3 rings (SSSR count). The minimum absolute atomic E-state index is 0.00889. The maximum absolute atomic E-state index is 12.4. The number of carbonyl (C=O) groups is 1. The van der Waals surface area contributed by atoms with Crippen molar-refractivity contribution >= 4 is 11.6 Å². The predicted octanol–water partition coefficient (Wildman–Crippen LogP) is 2.45. The molecular weight excluding hydrogens is 294 g/mol. The zero-order chi connectivity index (χ0) is 16.4. The molecule has 1 heterocycles. The monoisotopic (exact) mass is 317 g/mol. The van der Waals surface area contributed by atoms with Gasteiger partial charge < -0.3 is 10.2 Å². The summed E-state index contributed by atoms with van der Waals surface area (Å²) >= 11 is 0. The summed E-state index contributed by atoms with van der Waals surface area (Å²) in [6.45, 7) is 2.21. The normalized spacial score (nSPS) is 28.0. The molecular formula is C17H23N3O3. The molecule has 0 aromatic heterocycles. The Balaban J connectivity index is 1.65. The van der Waals surface area contributed by atoms with E-state index in [1.165, 1.54) is 30.7 Å². The van der Waals surface area contributed by atoms with Crippen molar-refractivity contribution in [2.24, 2.45) is 11.8 Å². The number of fused-ring (bicyclic) bond motifs is 1. The Morgan fingerprint density at radius 2 is 2.00 bits per heavy atom. The summed E-state index contributed by atoms with van der Waals surface area (Å²) in [5.74, 6) is 1.11. The maximum Gasteiger partial charge on any atom is 0.269 e. The van der Waals surface area contributed by atoms with Crippen molar-refractivity contribution in [1.29, 1.82) is 0 Å². The largest absolute Gasteiger partial charge is 0.349 e. The molecule has 6 nitrogen and oxygen atoms in total. The number of nitrogens with one attached hydrogen (secondary N) is 1. The molecule has 0 bridgehead atoms. The van der Waals surface area contributed by atoms with Crippen LogP contribution in [0.15, 0.2) is 24.3 Å². The molecule has 1 saturated heterocycles. The van der Waals surface area contributed by atoms with E-state index in [1.807, 2.05) is 0 Å². The highest BCUT2D eigenvalue weighted by Gasteiger charge is 2.37. The number of non-ortho nitro benzene ring substituents is 1. The van der Waals surface area contributed by atoms with Gasteiger partial charge in [0.25, 0.3) is 11.6 Å². The van der Waals surface area contributed by atoms with E-state index in [4.69, 9.17) is 0 Å². The summed E-state index contributed by atoms with van der Waals surface area (Å²) in [4.78, 5) is 25.0. The van der Waals surface area contributed by atoms with E-state index in [1.54, 1.807) is 0 Å². The highest BCUT2D eigenvalue weighted by Crippen LogP contribution is 2.36. The van der Waals surface area contributed by atoms with Crippen LogP contribution >= 0.6 is 0 Å². The van der Waals surface area contributed by atoms with Crippen molar-refractivity contribution in [2.45, 2.75) is 31.7 Å². The minimum Gasteiger partial charge on any atom is -0.349 e. The van der Waals surface area contributed by atoms with E-state index < -0.39 is 4.92 Å². The van der Waals surface area contributed by atoms with Crippen LogP contribution in [0.2, 0.25) is 0 Å². The number of likely N-dealkylation sites (tertiary alicyclic amines) is 1. The molecule has 1 amide bonds. The van der Waals surface area contributed by atoms with E-state index in [-0.39, 0.29) is 17.6 Å². The topological polar surface area (TPSA) is 75.5 Å². The van der Waals surface area contributed by atoms with Crippen molar-refractivity contribution in [3.63, 3.8) is 0 Å². The van der Waals surface area contributed by atoms with Gasteiger partial charge >= 0.3 is 0 Å². The van der Waals surface area contributed by atoms with E-state index in [0.29, 0.717) is 17.4 Å². The Labute approximate surface area is 136 Å². The van der Waals surface area contributed by atoms with Crippen LogP contribution in [-0.4, -0.2) is 41.9 Å². The number of amides is 1. The first kappa shape index (κ1) is 15.9. The summed E-state index contributed by atoms with van der Waals surface area (Å²) in [7, 11) is 2.16.